The molecule has 1 saturated heterocycles. The van der Waals surface area contributed by atoms with Crippen LogP contribution >= 0.6 is 12.4 Å². The highest BCUT2D eigenvalue weighted by molar-refractivity contribution is 5.85. The smallest absolute Gasteiger partial charge is 0.161 e. The Hall–Kier alpha value is -1.75. The fourth-order valence-electron chi connectivity index (χ4n) is 3.08. The Balaban J connectivity index is 0.00000225. The number of piperazine rings is 1. The highest BCUT2D eigenvalue weighted by atomic mass is 35.5. The molecule has 1 atom stereocenters. The average Bonchev–Trinajstić information content (AvgIpc) is 2.61. The van der Waals surface area contributed by atoms with E-state index in [1.54, 1.807) is 7.11 Å². The maximum absolute atomic E-state index is 5.93. The average molecular weight is 363 g/mol. The Morgan fingerprint density at radius 1 is 1.08 bits per heavy atom. The minimum atomic E-state index is 0. The summed E-state index contributed by atoms with van der Waals surface area (Å²) < 4.78 is 11.5. The van der Waals surface area contributed by atoms with Gasteiger partial charge in [-0.05, 0) is 30.2 Å². The zero-order valence-corrected chi connectivity index (χ0v) is 15.7. The van der Waals surface area contributed by atoms with Gasteiger partial charge in [0, 0.05) is 32.2 Å². The van der Waals surface area contributed by atoms with Crippen molar-refractivity contribution in [1.82, 2.24) is 10.2 Å². The van der Waals surface area contributed by atoms with E-state index in [1.165, 1.54) is 5.56 Å². The number of nitrogens with one attached hydrogen (secondary N) is 1. The highest BCUT2D eigenvalue weighted by Crippen LogP contribution is 2.29. The lowest BCUT2D eigenvalue weighted by Gasteiger charge is -2.31. The lowest BCUT2D eigenvalue weighted by atomic mass is 10.1. The summed E-state index contributed by atoms with van der Waals surface area (Å²) >= 11 is 0. The summed E-state index contributed by atoms with van der Waals surface area (Å²) in [7, 11) is 1.70. The van der Waals surface area contributed by atoms with Crippen molar-refractivity contribution in [2.45, 2.75) is 26.1 Å². The van der Waals surface area contributed by atoms with Gasteiger partial charge in [-0.25, -0.2) is 0 Å². The van der Waals surface area contributed by atoms with Gasteiger partial charge >= 0.3 is 0 Å². The molecule has 136 valence electrons. The second-order valence-corrected chi connectivity index (χ2v) is 6.35. The molecule has 0 aromatic heterocycles. The first-order valence-corrected chi connectivity index (χ1v) is 8.54. The highest BCUT2D eigenvalue weighted by Gasteiger charge is 2.16. The van der Waals surface area contributed by atoms with Crippen molar-refractivity contribution in [3.05, 3.63) is 59.7 Å². The molecular formula is C20H27ClN2O2. The van der Waals surface area contributed by atoms with Gasteiger partial charge in [0.05, 0.1) is 7.11 Å². The number of hydrogen-bond acceptors (Lipinski definition) is 4. The standard InChI is InChI=1S/C20H26N2O2.ClH/c1-16-13-22(11-10-21-16)14-18-8-9-19(20(12-18)23-2)24-15-17-6-4-3-5-7-17;/h3-9,12,16,21H,10-11,13-15H2,1-2H3;1H. The number of nitrogens with zero attached hydrogens (tertiary/aromatic N) is 1. The van der Waals surface area contributed by atoms with Gasteiger partial charge in [0.25, 0.3) is 0 Å². The summed E-state index contributed by atoms with van der Waals surface area (Å²) in [6.45, 7) is 6.94. The van der Waals surface area contributed by atoms with E-state index in [0.29, 0.717) is 12.6 Å². The van der Waals surface area contributed by atoms with E-state index in [4.69, 9.17) is 9.47 Å². The number of benzene rings is 2. The van der Waals surface area contributed by atoms with Crippen LogP contribution in [0.15, 0.2) is 48.5 Å². The number of rotatable bonds is 6. The van der Waals surface area contributed by atoms with E-state index in [1.807, 2.05) is 24.3 Å². The molecule has 1 heterocycles. The lowest BCUT2D eigenvalue weighted by Crippen LogP contribution is -2.48. The summed E-state index contributed by atoms with van der Waals surface area (Å²) in [6, 6.07) is 17.0. The van der Waals surface area contributed by atoms with Gasteiger partial charge in [0.15, 0.2) is 11.5 Å². The zero-order chi connectivity index (χ0) is 16.8. The summed E-state index contributed by atoms with van der Waals surface area (Å²) in [5.74, 6) is 1.59. The van der Waals surface area contributed by atoms with Gasteiger partial charge in [-0.3, -0.25) is 4.90 Å². The van der Waals surface area contributed by atoms with Crippen molar-refractivity contribution in [2.24, 2.45) is 0 Å². The van der Waals surface area contributed by atoms with E-state index >= 15 is 0 Å². The molecule has 1 N–H and O–H groups in total. The van der Waals surface area contributed by atoms with E-state index in [9.17, 15) is 0 Å². The zero-order valence-electron chi connectivity index (χ0n) is 14.9. The van der Waals surface area contributed by atoms with Crippen LogP contribution in [0, 0.1) is 0 Å². The normalized spacial score (nSPS) is 17.6. The molecule has 0 amide bonds. The summed E-state index contributed by atoms with van der Waals surface area (Å²) in [4.78, 5) is 2.47. The van der Waals surface area contributed by atoms with Crippen LogP contribution in [0.5, 0.6) is 11.5 Å². The number of methoxy groups -OCH3 is 1. The molecule has 1 aliphatic heterocycles. The van der Waals surface area contributed by atoms with E-state index in [2.05, 4.69) is 41.4 Å². The third-order valence-corrected chi connectivity index (χ3v) is 4.32. The summed E-state index contributed by atoms with van der Waals surface area (Å²) in [5, 5.41) is 3.48. The molecule has 1 aliphatic rings. The molecule has 25 heavy (non-hydrogen) atoms. The predicted molar refractivity (Wildman–Crippen MR) is 104 cm³/mol. The molecule has 0 aliphatic carbocycles. The molecule has 1 fully saturated rings. The Kier molecular flexibility index (Phi) is 7.56. The molecule has 3 rings (SSSR count). The van der Waals surface area contributed by atoms with Gasteiger partial charge in [0.1, 0.15) is 6.61 Å². The van der Waals surface area contributed by atoms with Crippen LogP contribution in [0.2, 0.25) is 0 Å². The molecule has 2 aromatic rings. The molecule has 1 unspecified atom stereocenters. The van der Waals surface area contributed by atoms with Crippen molar-refractivity contribution in [1.29, 1.82) is 0 Å². The molecule has 4 nitrogen and oxygen atoms in total. The molecular weight excluding hydrogens is 336 g/mol. The minimum absolute atomic E-state index is 0. The van der Waals surface area contributed by atoms with Crippen LogP contribution in [-0.2, 0) is 13.2 Å². The first-order chi connectivity index (χ1) is 11.7. The Bertz CT molecular complexity index is 651. The van der Waals surface area contributed by atoms with Crippen LogP contribution in [0.3, 0.4) is 0 Å². The fourth-order valence-corrected chi connectivity index (χ4v) is 3.08. The topological polar surface area (TPSA) is 33.7 Å². The van der Waals surface area contributed by atoms with Gasteiger partial charge in [-0.2, -0.15) is 0 Å². The second kappa shape index (κ2) is 9.66. The van der Waals surface area contributed by atoms with Crippen molar-refractivity contribution in [2.75, 3.05) is 26.7 Å². The molecule has 0 radical (unpaired) electrons. The fraction of sp³-hybridized carbons (Fsp3) is 0.400. The first-order valence-electron chi connectivity index (χ1n) is 8.54. The Morgan fingerprint density at radius 3 is 2.60 bits per heavy atom. The largest absolute Gasteiger partial charge is 0.493 e. The monoisotopic (exact) mass is 362 g/mol. The Labute approximate surface area is 156 Å². The Morgan fingerprint density at radius 2 is 1.88 bits per heavy atom. The molecule has 5 heteroatoms. The number of halogens is 1. The van der Waals surface area contributed by atoms with Crippen molar-refractivity contribution in [3.8, 4) is 11.5 Å². The third kappa shape index (κ3) is 5.63. The lowest BCUT2D eigenvalue weighted by molar-refractivity contribution is 0.199. The van der Waals surface area contributed by atoms with Gasteiger partial charge in [0.2, 0.25) is 0 Å². The van der Waals surface area contributed by atoms with Gasteiger partial charge in [-0.1, -0.05) is 36.4 Å². The maximum Gasteiger partial charge on any atom is 0.161 e. The quantitative estimate of drug-likeness (QED) is 0.852. The van der Waals surface area contributed by atoms with Crippen LogP contribution in [0.1, 0.15) is 18.1 Å². The minimum Gasteiger partial charge on any atom is -0.493 e. The molecule has 0 spiro atoms. The SMILES string of the molecule is COc1cc(CN2CCNC(C)C2)ccc1OCc1ccccc1.Cl. The van der Waals surface area contributed by atoms with Crippen LogP contribution < -0.4 is 14.8 Å². The summed E-state index contributed by atoms with van der Waals surface area (Å²) in [5.41, 5.74) is 2.41. The summed E-state index contributed by atoms with van der Waals surface area (Å²) in [6.07, 6.45) is 0. The van der Waals surface area contributed by atoms with Crippen LogP contribution in [-0.4, -0.2) is 37.7 Å². The molecule has 2 aromatic carbocycles. The van der Waals surface area contributed by atoms with E-state index in [0.717, 1.165) is 43.2 Å². The van der Waals surface area contributed by atoms with Gasteiger partial charge < -0.3 is 14.8 Å². The van der Waals surface area contributed by atoms with Crippen LogP contribution in [0.25, 0.3) is 0 Å². The third-order valence-electron chi connectivity index (χ3n) is 4.32. The number of hydrogen-bond donors (Lipinski definition) is 1. The van der Waals surface area contributed by atoms with Crippen molar-refractivity contribution in [3.63, 3.8) is 0 Å². The second-order valence-electron chi connectivity index (χ2n) is 6.35. The molecule has 0 bridgehead atoms. The predicted octanol–water partition coefficient (Wildman–Crippen LogP) is 3.49. The van der Waals surface area contributed by atoms with E-state index < -0.39 is 0 Å². The first kappa shape index (κ1) is 19.6. The maximum atomic E-state index is 5.93. The number of ether oxygens (including phenoxy) is 2. The van der Waals surface area contributed by atoms with Crippen molar-refractivity contribution < 1.29 is 9.47 Å². The van der Waals surface area contributed by atoms with E-state index in [-0.39, 0.29) is 12.4 Å². The van der Waals surface area contributed by atoms with Gasteiger partial charge in [-0.15, -0.1) is 12.4 Å². The van der Waals surface area contributed by atoms with Crippen LogP contribution in [0.4, 0.5) is 0 Å². The molecule has 0 saturated carbocycles. The van der Waals surface area contributed by atoms with Crippen molar-refractivity contribution >= 4 is 12.4 Å².